The van der Waals surface area contributed by atoms with E-state index in [9.17, 15) is 0 Å². The summed E-state index contributed by atoms with van der Waals surface area (Å²) in [7, 11) is 0. The summed E-state index contributed by atoms with van der Waals surface area (Å²) in [6.45, 7) is 5.94. The number of benzene rings is 1. The molecule has 4 aromatic rings. The summed E-state index contributed by atoms with van der Waals surface area (Å²) in [6.07, 6.45) is 6.23. The van der Waals surface area contributed by atoms with Gasteiger partial charge in [0.1, 0.15) is 0 Å². The van der Waals surface area contributed by atoms with E-state index < -0.39 is 0 Å². The molecular formula is C23H28N6O2S. The average molecular weight is 453 g/mol. The van der Waals surface area contributed by atoms with Crippen molar-refractivity contribution in [1.29, 1.82) is 0 Å². The first-order chi connectivity index (χ1) is 15.7. The Kier molecular flexibility index (Phi) is 6.27. The molecule has 0 aliphatic carbocycles. The Labute approximate surface area is 191 Å². The second kappa shape index (κ2) is 9.46. The number of aromatic nitrogens is 6. The minimum atomic E-state index is 0.181. The van der Waals surface area contributed by atoms with E-state index in [1.165, 1.54) is 0 Å². The lowest BCUT2D eigenvalue weighted by molar-refractivity contribution is 0.0953. The highest BCUT2D eigenvalue weighted by molar-refractivity contribution is 7.98. The van der Waals surface area contributed by atoms with Crippen molar-refractivity contribution in [1.82, 2.24) is 29.9 Å². The zero-order valence-corrected chi connectivity index (χ0v) is 19.3. The Bertz CT molecular complexity index is 1170. The average Bonchev–Trinajstić information content (AvgIpc) is 3.58. The molecule has 1 aromatic carbocycles. The molecule has 8 nitrogen and oxygen atoms in total. The van der Waals surface area contributed by atoms with Crippen molar-refractivity contribution in [2.24, 2.45) is 5.92 Å². The summed E-state index contributed by atoms with van der Waals surface area (Å²) >= 11 is 1.57. The molecule has 0 unspecified atom stereocenters. The molecule has 1 fully saturated rings. The van der Waals surface area contributed by atoms with Crippen LogP contribution in [-0.2, 0) is 23.5 Å². The summed E-state index contributed by atoms with van der Waals surface area (Å²) in [5.41, 5.74) is 2.13. The van der Waals surface area contributed by atoms with Crippen LogP contribution in [0.15, 0.2) is 40.1 Å². The number of ether oxygens (including phenoxy) is 1. The molecule has 0 amide bonds. The monoisotopic (exact) mass is 452 g/mol. The van der Waals surface area contributed by atoms with Crippen molar-refractivity contribution in [3.8, 4) is 11.4 Å². The number of aryl methyl sites for hydroxylation is 1. The SMILES string of the molecule is CC(C)CCc1noc(CSc2nnc(-c3c[nH]c4ccccc34)n2C[C@@H]2CCCO2)n1. The second-order valence-corrected chi connectivity index (χ2v) is 9.57. The van der Waals surface area contributed by atoms with Crippen LogP contribution in [0.2, 0.25) is 0 Å². The summed E-state index contributed by atoms with van der Waals surface area (Å²) in [6, 6.07) is 8.25. The molecule has 9 heteroatoms. The highest BCUT2D eigenvalue weighted by Crippen LogP contribution is 2.32. The Morgan fingerprint density at radius 3 is 3.00 bits per heavy atom. The molecule has 0 radical (unpaired) electrons. The van der Waals surface area contributed by atoms with Gasteiger partial charge in [-0.2, -0.15) is 4.98 Å². The molecule has 3 aromatic heterocycles. The molecule has 1 atom stereocenters. The van der Waals surface area contributed by atoms with Crippen LogP contribution in [0.1, 0.15) is 44.8 Å². The van der Waals surface area contributed by atoms with E-state index in [-0.39, 0.29) is 6.10 Å². The molecule has 4 heterocycles. The summed E-state index contributed by atoms with van der Waals surface area (Å²) in [4.78, 5) is 7.89. The third-order valence-electron chi connectivity index (χ3n) is 5.74. The fourth-order valence-corrected chi connectivity index (χ4v) is 4.79. The van der Waals surface area contributed by atoms with E-state index in [2.05, 4.69) is 55.9 Å². The molecule has 0 spiro atoms. The number of rotatable bonds is 9. The maximum atomic E-state index is 5.92. The van der Waals surface area contributed by atoms with Crippen LogP contribution < -0.4 is 0 Å². The van der Waals surface area contributed by atoms with E-state index in [0.29, 0.717) is 17.6 Å². The van der Waals surface area contributed by atoms with Crippen molar-refractivity contribution in [2.75, 3.05) is 6.61 Å². The lowest BCUT2D eigenvalue weighted by atomic mass is 10.1. The lowest BCUT2D eigenvalue weighted by Crippen LogP contribution is -2.16. The molecule has 168 valence electrons. The van der Waals surface area contributed by atoms with Gasteiger partial charge in [0.15, 0.2) is 16.8 Å². The van der Waals surface area contributed by atoms with Crippen molar-refractivity contribution < 1.29 is 9.26 Å². The summed E-state index contributed by atoms with van der Waals surface area (Å²) < 4.78 is 13.6. The molecule has 5 rings (SSSR count). The van der Waals surface area contributed by atoms with Crippen LogP contribution in [0.4, 0.5) is 0 Å². The van der Waals surface area contributed by atoms with Crippen molar-refractivity contribution in [3.05, 3.63) is 42.2 Å². The number of aromatic amines is 1. The Balaban J connectivity index is 1.38. The van der Waals surface area contributed by atoms with Gasteiger partial charge in [0.2, 0.25) is 5.89 Å². The van der Waals surface area contributed by atoms with Crippen LogP contribution in [0.25, 0.3) is 22.3 Å². The number of nitrogens with one attached hydrogen (secondary N) is 1. The second-order valence-electron chi connectivity index (χ2n) is 8.63. The van der Waals surface area contributed by atoms with Crippen LogP contribution in [0.3, 0.4) is 0 Å². The van der Waals surface area contributed by atoms with Crippen LogP contribution in [-0.4, -0.2) is 42.6 Å². The van der Waals surface area contributed by atoms with Gasteiger partial charge in [0.25, 0.3) is 0 Å². The van der Waals surface area contributed by atoms with Crippen molar-refractivity contribution in [2.45, 2.75) is 63.1 Å². The maximum Gasteiger partial charge on any atom is 0.237 e. The highest BCUT2D eigenvalue weighted by Gasteiger charge is 2.23. The number of hydrogen-bond donors (Lipinski definition) is 1. The van der Waals surface area contributed by atoms with E-state index in [1.54, 1.807) is 11.8 Å². The number of H-pyrrole nitrogens is 1. The molecule has 1 aliphatic rings. The van der Waals surface area contributed by atoms with E-state index in [1.807, 2.05) is 18.3 Å². The first-order valence-electron chi connectivity index (χ1n) is 11.2. The third-order valence-corrected chi connectivity index (χ3v) is 6.69. The Morgan fingerprint density at radius 1 is 1.25 bits per heavy atom. The number of nitrogens with zero attached hydrogens (tertiary/aromatic N) is 5. The first kappa shape index (κ1) is 21.2. The van der Waals surface area contributed by atoms with Gasteiger partial charge in [-0.3, -0.25) is 4.57 Å². The van der Waals surface area contributed by atoms with Crippen molar-refractivity contribution in [3.63, 3.8) is 0 Å². The molecule has 1 N–H and O–H groups in total. The Morgan fingerprint density at radius 2 is 2.16 bits per heavy atom. The normalized spacial score (nSPS) is 16.5. The molecular weight excluding hydrogens is 424 g/mol. The van der Waals surface area contributed by atoms with Gasteiger partial charge in [-0.25, -0.2) is 0 Å². The number of fused-ring (bicyclic) bond motifs is 1. The maximum absolute atomic E-state index is 5.92. The molecule has 32 heavy (non-hydrogen) atoms. The fraction of sp³-hybridized carbons (Fsp3) is 0.478. The minimum Gasteiger partial charge on any atom is -0.376 e. The number of thioether (sulfide) groups is 1. The molecule has 1 aliphatic heterocycles. The zero-order chi connectivity index (χ0) is 21.9. The first-order valence-corrected chi connectivity index (χ1v) is 12.2. The van der Waals surface area contributed by atoms with Crippen LogP contribution in [0.5, 0.6) is 0 Å². The van der Waals surface area contributed by atoms with Gasteiger partial charge in [0.05, 0.1) is 18.4 Å². The van der Waals surface area contributed by atoms with Gasteiger partial charge in [0, 0.05) is 35.7 Å². The van der Waals surface area contributed by atoms with Gasteiger partial charge in [-0.15, -0.1) is 10.2 Å². The largest absolute Gasteiger partial charge is 0.376 e. The van der Waals surface area contributed by atoms with E-state index >= 15 is 0 Å². The Hall–Kier alpha value is -2.65. The van der Waals surface area contributed by atoms with Crippen LogP contribution in [0, 0.1) is 5.92 Å². The van der Waals surface area contributed by atoms with Gasteiger partial charge in [-0.05, 0) is 31.2 Å². The summed E-state index contributed by atoms with van der Waals surface area (Å²) in [5, 5.41) is 15.2. The highest BCUT2D eigenvalue weighted by atomic mass is 32.2. The standard InChI is InChI=1S/C23H28N6O2S/c1-15(2)9-10-20-25-21(31-28-20)14-32-23-27-26-22(29(23)13-16-6-5-11-30-16)18-12-24-19-8-4-3-7-17(18)19/h3-4,7-8,12,15-16,24H,5-6,9-11,13-14H2,1-2H3/t16-/m0/s1. The van der Waals surface area contributed by atoms with E-state index in [0.717, 1.165) is 72.1 Å². The smallest absolute Gasteiger partial charge is 0.237 e. The number of hydrogen-bond acceptors (Lipinski definition) is 7. The fourth-order valence-electron chi connectivity index (χ4n) is 4.00. The molecule has 1 saturated heterocycles. The summed E-state index contributed by atoms with van der Waals surface area (Å²) in [5.74, 6) is 3.42. The van der Waals surface area contributed by atoms with Crippen LogP contribution >= 0.6 is 11.8 Å². The van der Waals surface area contributed by atoms with E-state index in [4.69, 9.17) is 9.26 Å². The number of para-hydroxylation sites is 1. The molecule has 0 saturated carbocycles. The van der Waals surface area contributed by atoms with Gasteiger partial charge < -0.3 is 14.2 Å². The minimum absolute atomic E-state index is 0.181. The third kappa shape index (κ3) is 4.59. The van der Waals surface area contributed by atoms with Crippen molar-refractivity contribution >= 4 is 22.7 Å². The molecule has 0 bridgehead atoms. The van der Waals surface area contributed by atoms with Gasteiger partial charge >= 0.3 is 0 Å². The predicted octanol–water partition coefficient (Wildman–Crippen LogP) is 4.87. The topological polar surface area (TPSA) is 94.7 Å². The predicted molar refractivity (Wildman–Crippen MR) is 123 cm³/mol. The quantitative estimate of drug-likeness (QED) is 0.362. The zero-order valence-electron chi connectivity index (χ0n) is 18.5. The lowest BCUT2D eigenvalue weighted by Gasteiger charge is -2.14. The van der Waals surface area contributed by atoms with Gasteiger partial charge in [-0.1, -0.05) is 49.0 Å².